The minimum absolute atomic E-state index is 0.351. The van der Waals surface area contributed by atoms with Gasteiger partial charge in [-0.05, 0) is 12.1 Å². The predicted molar refractivity (Wildman–Crippen MR) is 39.7 cm³/mol. The Morgan fingerprint density at radius 2 is 2.27 bits per heavy atom. The zero-order valence-electron chi connectivity index (χ0n) is 5.32. The number of hydrogen-bond acceptors (Lipinski definition) is 4. The van der Waals surface area contributed by atoms with Crippen molar-refractivity contribution in [3.63, 3.8) is 0 Å². The number of furan rings is 1. The Hall–Kier alpha value is -1.10. The molecule has 2 heterocycles. The van der Waals surface area contributed by atoms with Crippen LogP contribution in [-0.4, -0.2) is 10.2 Å². The molecule has 0 amide bonds. The van der Waals surface area contributed by atoms with Gasteiger partial charge in [-0.2, -0.15) is 0 Å². The molecule has 0 atom stereocenters. The number of halogens is 1. The lowest BCUT2D eigenvalue weighted by Gasteiger charge is -1.82. The van der Waals surface area contributed by atoms with E-state index in [0.29, 0.717) is 16.5 Å². The first-order valence-electron chi connectivity index (χ1n) is 2.89. The molecule has 2 rings (SSSR count). The molecule has 0 saturated heterocycles. The van der Waals surface area contributed by atoms with Gasteiger partial charge in [-0.25, -0.2) is 0 Å². The van der Waals surface area contributed by atoms with Crippen molar-refractivity contribution in [3.8, 4) is 11.7 Å². The molecule has 0 aliphatic rings. The highest BCUT2D eigenvalue weighted by molar-refractivity contribution is 9.10. The molecule has 0 aliphatic heterocycles. The van der Waals surface area contributed by atoms with E-state index in [-0.39, 0.29) is 0 Å². The Labute approximate surface area is 70.4 Å². The average molecular weight is 215 g/mol. The second-order valence-electron chi connectivity index (χ2n) is 1.84. The Kier molecular flexibility index (Phi) is 1.50. The molecule has 0 radical (unpaired) electrons. The minimum atomic E-state index is 0.351. The normalized spacial score (nSPS) is 10.3. The minimum Gasteiger partial charge on any atom is -0.459 e. The molecule has 0 aliphatic carbocycles. The third-order valence-corrected chi connectivity index (χ3v) is 1.45. The fourth-order valence-electron chi connectivity index (χ4n) is 0.705. The van der Waals surface area contributed by atoms with Gasteiger partial charge in [0.25, 0.3) is 10.7 Å². The fraction of sp³-hybridized carbons (Fsp3) is 0. The van der Waals surface area contributed by atoms with Gasteiger partial charge < -0.3 is 8.83 Å². The average Bonchev–Trinajstić information content (AvgIpc) is 2.55. The summed E-state index contributed by atoms with van der Waals surface area (Å²) in [6.07, 6.45) is 1.55. The summed E-state index contributed by atoms with van der Waals surface area (Å²) >= 11 is 3.04. The van der Waals surface area contributed by atoms with Gasteiger partial charge in [-0.1, -0.05) is 0 Å². The van der Waals surface area contributed by atoms with Gasteiger partial charge in [-0.15, -0.1) is 10.2 Å². The lowest BCUT2D eigenvalue weighted by Crippen LogP contribution is -1.71. The Balaban J connectivity index is 2.45. The summed E-state index contributed by atoms with van der Waals surface area (Å²) in [7, 11) is 0. The highest BCUT2D eigenvalue weighted by Crippen LogP contribution is 2.19. The quantitative estimate of drug-likeness (QED) is 0.730. The van der Waals surface area contributed by atoms with Crippen LogP contribution in [0.2, 0.25) is 0 Å². The van der Waals surface area contributed by atoms with Crippen LogP contribution in [-0.2, 0) is 0 Å². The molecule has 0 N–H and O–H groups in total. The smallest absolute Gasteiger partial charge is 0.285 e. The molecule has 5 heteroatoms. The van der Waals surface area contributed by atoms with E-state index in [1.54, 1.807) is 18.4 Å². The van der Waals surface area contributed by atoms with E-state index < -0.39 is 0 Å². The van der Waals surface area contributed by atoms with E-state index in [2.05, 4.69) is 26.1 Å². The van der Waals surface area contributed by atoms with E-state index in [4.69, 9.17) is 8.83 Å². The number of aromatic nitrogens is 2. The van der Waals surface area contributed by atoms with Gasteiger partial charge in [0, 0.05) is 15.9 Å². The predicted octanol–water partition coefficient (Wildman–Crippen LogP) is 2.09. The highest BCUT2D eigenvalue weighted by atomic mass is 79.9. The summed E-state index contributed by atoms with van der Waals surface area (Å²) in [5.74, 6) is 0.949. The van der Waals surface area contributed by atoms with E-state index >= 15 is 0 Å². The zero-order chi connectivity index (χ0) is 7.68. The van der Waals surface area contributed by atoms with Gasteiger partial charge in [0.05, 0.1) is 6.26 Å². The Morgan fingerprint density at radius 3 is 2.82 bits per heavy atom. The molecule has 0 aromatic carbocycles. The molecule has 56 valence electrons. The maximum Gasteiger partial charge on any atom is 0.285 e. The van der Waals surface area contributed by atoms with Crippen LogP contribution in [0.25, 0.3) is 11.7 Å². The van der Waals surface area contributed by atoms with E-state index in [1.165, 1.54) is 0 Å². The number of nitrogens with zero attached hydrogens (tertiary/aromatic N) is 2. The topological polar surface area (TPSA) is 52.1 Å². The first-order chi connectivity index (χ1) is 5.36. The Morgan fingerprint density at radius 1 is 1.36 bits per heavy atom. The third kappa shape index (κ3) is 1.19. The van der Waals surface area contributed by atoms with Crippen molar-refractivity contribution >= 4 is 15.9 Å². The summed E-state index contributed by atoms with van der Waals surface area (Å²) < 4.78 is 10.0. The second-order valence-corrected chi connectivity index (χ2v) is 2.52. The zero-order valence-corrected chi connectivity index (χ0v) is 6.91. The van der Waals surface area contributed by atoms with Gasteiger partial charge >= 0.3 is 0 Å². The van der Waals surface area contributed by atoms with Crippen LogP contribution in [0.3, 0.4) is 0 Å². The first kappa shape index (κ1) is 6.60. The largest absolute Gasteiger partial charge is 0.459 e. The molecule has 0 spiro atoms. The monoisotopic (exact) mass is 214 g/mol. The van der Waals surface area contributed by atoms with E-state index in [1.807, 2.05) is 0 Å². The standard InChI is InChI=1S/C6H3BrN2O2/c7-6-9-8-5(11-6)4-2-1-3-10-4/h1-3H. The van der Waals surface area contributed by atoms with Crippen LogP contribution >= 0.6 is 15.9 Å². The molecule has 0 fully saturated rings. The van der Waals surface area contributed by atoms with Crippen molar-refractivity contribution in [2.45, 2.75) is 0 Å². The lowest BCUT2D eigenvalue weighted by molar-refractivity contribution is 0.501. The lowest BCUT2D eigenvalue weighted by atomic mass is 10.5. The Bertz CT molecular complexity index is 341. The van der Waals surface area contributed by atoms with Crippen LogP contribution in [0.5, 0.6) is 0 Å². The van der Waals surface area contributed by atoms with Gasteiger partial charge in [0.15, 0.2) is 5.76 Å². The number of rotatable bonds is 1. The maximum atomic E-state index is 5.03. The van der Waals surface area contributed by atoms with Crippen LogP contribution in [0, 0.1) is 0 Å². The van der Waals surface area contributed by atoms with Crippen molar-refractivity contribution in [1.29, 1.82) is 0 Å². The SMILES string of the molecule is Brc1nnc(-c2ccco2)o1. The van der Waals surface area contributed by atoms with Crippen molar-refractivity contribution < 1.29 is 8.83 Å². The fourth-order valence-corrected chi connectivity index (χ4v) is 0.938. The van der Waals surface area contributed by atoms with Crippen LogP contribution in [0.1, 0.15) is 0 Å². The van der Waals surface area contributed by atoms with Gasteiger partial charge in [0.1, 0.15) is 0 Å². The van der Waals surface area contributed by atoms with Gasteiger partial charge in [-0.3, -0.25) is 0 Å². The molecular weight excluding hydrogens is 212 g/mol. The van der Waals surface area contributed by atoms with Crippen LogP contribution in [0.4, 0.5) is 0 Å². The maximum absolute atomic E-state index is 5.03. The summed E-state index contributed by atoms with van der Waals surface area (Å²) in [6.45, 7) is 0. The molecule has 0 unspecified atom stereocenters. The molecule has 2 aromatic rings. The molecular formula is C6H3BrN2O2. The molecule has 0 bridgehead atoms. The highest BCUT2D eigenvalue weighted by Gasteiger charge is 2.07. The summed E-state index contributed by atoms with van der Waals surface area (Å²) in [5.41, 5.74) is 0. The summed E-state index contributed by atoms with van der Waals surface area (Å²) in [6, 6.07) is 3.51. The van der Waals surface area contributed by atoms with Crippen molar-refractivity contribution in [1.82, 2.24) is 10.2 Å². The van der Waals surface area contributed by atoms with Crippen LogP contribution in [0.15, 0.2) is 32.0 Å². The third-order valence-electron chi connectivity index (χ3n) is 1.13. The second kappa shape index (κ2) is 2.50. The van der Waals surface area contributed by atoms with Crippen molar-refractivity contribution in [3.05, 3.63) is 23.2 Å². The number of hydrogen-bond donors (Lipinski definition) is 0. The molecule has 4 nitrogen and oxygen atoms in total. The molecule has 2 aromatic heterocycles. The van der Waals surface area contributed by atoms with Crippen molar-refractivity contribution in [2.24, 2.45) is 0 Å². The van der Waals surface area contributed by atoms with Crippen LogP contribution < -0.4 is 0 Å². The molecule has 0 saturated carbocycles. The van der Waals surface area contributed by atoms with E-state index in [0.717, 1.165) is 0 Å². The van der Waals surface area contributed by atoms with Gasteiger partial charge in [0.2, 0.25) is 0 Å². The molecule has 11 heavy (non-hydrogen) atoms. The summed E-state index contributed by atoms with van der Waals surface area (Å²) in [4.78, 5) is 0.351. The van der Waals surface area contributed by atoms with Crippen molar-refractivity contribution in [2.75, 3.05) is 0 Å². The summed E-state index contributed by atoms with van der Waals surface area (Å²) in [5, 5.41) is 7.31. The first-order valence-corrected chi connectivity index (χ1v) is 3.68. The van der Waals surface area contributed by atoms with E-state index in [9.17, 15) is 0 Å².